The molecular weight excluding hydrogens is 292 g/mol. The number of aliphatic hydroxyl groups excluding tert-OH is 1. The third-order valence-electron chi connectivity index (χ3n) is 4.49. The van der Waals surface area contributed by atoms with Crippen molar-refractivity contribution >= 4 is 23.6 Å². The monoisotopic (exact) mass is 312 g/mol. The number of rotatable bonds is 4. The highest BCUT2D eigenvalue weighted by molar-refractivity contribution is 8.03. The number of aliphatic carboxylic acids is 1. The number of nitrogens with one attached hydrogen (secondary N) is 1. The largest absolute Gasteiger partial charge is 0.477 e. The first-order valence-electron chi connectivity index (χ1n) is 7.35. The van der Waals surface area contributed by atoms with Crippen LogP contribution in [0.1, 0.15) is 26.2 Å². The maximum atomic E-state index is 12.1. The molecule has 3 aliphatic heterocycles. The summed E-state index contributed by atoms with van der Waals surface area (Å²) < 4.78 is 0. The molecule has 0 aromatic heterocycles. The van der Waals surface area contributed by atoms with Gasteiger partial charge in [-0.05, 0) is 32.9 Å². The van der Waals surface area contributed by atoms with Crippen LogP contribution in [-0.2, 0) is 9.59 Å². The summed E-state index contributed by atoms with van der Waals surface area (Å²) >= 11 is 1.61. The molecule has 0 aromatic rings. The van der Waals surface area contributed by atoms with E-state index in [1.54, 1.807) is 18.7 Å². The van der Waals surface area contributed by atoms with E-state index >= 15 is 0 Å². The molecule has 3 heterocycles. The van der Waals surface area contributed by atoms with Gasteiger partial charge in [0, 0.05) is 16.6 Å². The van der Waals surface area contributed by atoms with Gasteiger partial charge in [0.25, 0.3) is 0 Å². The van der Waals surface area contributed by atoms with Crippen molar-refractivity contribution in [3.05, 3.63) is 10.6 Å². The Bertz CT molecular complexity index is 499. The average molecular weight is 312 g/mol. The van der Waals surface area contributed by atoms with Crippen LogP contribution in [0.4, 0.5) is 0 Å². The number of thioether (sulfide) groups is 1. The minimum absolute atomic E-state index is 0.144. The molecule has 3 rings (SSSR count). The molecule has 0 aliphatic carbocycles. The molecule has 1 amide bonds. The summed E-state index contributed by atoms with van der Waals surface area (Å²) in [5.41, 5.74) is 0.144. The van der Waals surface area contributed by atoms with Crippen molar-refractivity contribution in [2.24, 2.45) is 5.92 Å². The minimum Gasteiger partial charge on any atom is -0.477 e. The van der Waals surface area contributed by atoms with Crippen LogP contribution in [-0.4, -0.2) is 57.5 Å². The smallest absolute Gasteiger partial charge is 0.353 e. The summed E-state index contributed by atoms with van der Waals surface area (Å²) in [7, 11) is 0. The van der Waals surface area contributed by atoms with Crippen molar-refractivity contribution < 1.29 is 19.8 Å². The maximum Gasteiger partial charge on any atom is 0.353 e. The molecule has 0 bridgehead atoms. The topological polar surface area (TPSA) is 89.9 Å². The van der Waals surface area contributed by atoms with E-state index in [9.17, 15) is 19.8 Å². The van der Waals surface area contributed by atoms with Gasteiger partial charge in [-0.3, -0.25) is 4.79 Å². The van der Waals surface area contributed by atoms with Gasteiger partial charge in [-0.25, -0.2) is 4.79 Å². The van der Waals surface area contributed by atoms with Crippen LogP contribution in [0.2, 0.25) is 0 Å². The number of hydrogen-bond donors (Lipinski definition) is 3. The molecule has 7 heteroatoms. The quantitative estimate of drug-likeness (QED) is 0.650. The van der Waals surface area contributed by atoms with Crippen LogP contribution in [0.3, 0.4) is 0 Å². The number of fused-ring (bicyclic) bond motifs is 1. The van der Waals surface area contributed by atoms with E-state index in [0.717, 1.165) is 30.8 Å². The van der Waals surface area contributed by atoms with Crippen molar-refractivity contribution in [1.82, 2.24) is 10.2 Å². The molecule has 3 aliphatic rings. The van der Waals surface area contributed by atoms with Crippen molar-refractivity contribution in [2.75, 3.05) is 13.1 Å². The Morgan fingerprint density at radius 1 is 1.43 bits per heavy atom. The number of aliphatic hydroxyl groups is 1. The van der Waals surface area contributed by atoms with Crippen LogP contribution in [0, 0.1) is 5.92 Å². The molecule has 6 nitrogen and oxygen atoms in total. The zero-order chi connectivity index (χ0) is 15.1. The van der Waals surface area contributed by atoms with E-state index in [2.05, 4.69) is 5.32 Å². The van der Waals surface area contributed by atoms with Gasteiger partial charge in [-0.1, -0.05) is 0 Å². The summed E-state index contributed by atoms with van der Waals surface area (Å²) in [4.78, 5) is 25.8. The van der Waals surface area contributed by atoms with Crippen molar-refractivity contribution in [2.45, 2.75) is 43.6 Å². The molecule has 0 radical (unpaired) electrons. The number of β-lactam (4-membered cyclic amide) rings is 1. The molecule has 3 N–H and O–H groups in total. The Labute approximate surface area is 127 Å². The Morgan fingerprint density at radius 2 is 2.10 bits per heavy atom. The predicted molar refractivity (Wildman–Crippen MR) is 78.6 cm³/mol. The van der Waals surface area contributed by atoms with E-state index in [-0.39, 0.29) is 17.6 Å². The van der Waals surface area contributed by atoms with Crippen LogP contribution in [0.5, 0.6) is 0 Å². The zero-order valence-corrected chi connectivity index (χ0v) is 12.7. The lowest BCUT2D eigenvalue weighted by molar-refractivity contribution is -0.161. The number of carboxylic acid groups (broad SMARTS) is 1. The van der Waals surface area contributed by atoms with Crippen LogP contribution < -0.4 is 5.32 Å². The zero-order valence-electron chi connectivity index (χ0n) is 11.9. The second kappa shape index (κ2) is 5.62. The third kappa shape index (κ3) is 2.47. The molecule has 2 saturated heterocycles. The van der Waals surface area contributed by atoms with Crippen molar-refractivity contribution in [3.8, 4) is 0 Å². The van der Waals surface area contributed by atoms with Gasteiger partial charge in [0.1, 0.15) is 5.70 Å². The maximum absolute atomic E-state index is 12.1. The van der Waals surface area contributed by atoms with E-state index in [1.807, 2.05) is 0 Å². The Kier molecular flexibility index (Phi) is 3.98. The molecule has 3 atom stereocenters. The Hall–Kier alpha value is -1.05. The van der Waals surface area contributed by atoms with Gasteiger partial charge < -0.3 is 20.4 Å². The number of carbonyl (C=O) groups excluding carboxylic acids is 1. The van der Waals surface area contributed by atoms with Gasteiger partial charge in [0.15, 0.2) is 0 Å². The van der Waals surface area contributed by atoms with Gasteiger partial charge in [0.05, 0.1) is 18.1 Å². The summed E-state index contributed by atoms with van der Waals surface area (Å²) in [6.07, 6.45) is 1.87. The number of nitrogens with zero attached hydrogens (tertiary/aromatic N) is 1. The lowest BCUT2D eigenvalue weighted by Crippen LogP contribution is -2.61. The third-order valence-corrected chi connectivity index (χ3v) is 5.93. The number of amides is 1. The van der Waals surface area contributed by atoms with Gasteiger partial charge in [0.2, 0.25) is 5.91 Å². The van der Waals surface area contributed by atoms with E-state index in [0.29, 0.717) is 11.7 Å². The molecule has 116 valence electrons. The Morgan fingerprint density at radius 3 is 2.67 bits per heavy atom. The standard InChI is InChI=1S/C14H20N2O4S/c1-7(17)11-9-6-10(21-8-2-4-15-5-3-8)12(14(19)20)16(9)13(11)18/h7-9,11,15,17H,2-6H2,1H3,(H,19,20)/t7-,9-,11?/m1/s1. The van der Waals surface area contributed by atoms with Crippen LogP contribution in [0.15, 0.2) is 10.6 Å². The summed E-state index contributed by atoms with van der Waals surface area (Å²) in [6.45, 7) is 3.50. The Balaban J connectivity index is 1.79. The second-order valence-electron chi connectivity index (χ2n) is 5.89. The van der Waals surface area contributed by atoms with Crippen LogP contribution in [0.25, 0.3) is 0 Å². The number of piperidine rings is 1. The molecule has 0 saturated carbocycles. The molecule has 21 heavy (non-hydrogen) atoms. The molecule has 1 unspecified atom stereocenters. The molecule has 2 fully saturated rings. The first kappa shape index (κ1) is 14.9. The molecular formula is C14H20N2O4S. The lowest BCUT2D eigenvalue weighted by atomic mass is 9.83. The minimum atomic E-state index is -1.04. The van der Waals surface area contributed by atoms with E-state index in [1.165, 1.54) is 4.90 Å². The van der Waals surface area contributed by atoms with Gasteiger partial charge in [-0.15, -0.1) is 11.8 Å². The number of carbonyl (C=O) groups is 2. The first-order valence-corrected chi connectivity index (χ1v) is 8.23. The summed E-state index contributed by atoms with van der Waals surface area (Å²) in [6, 6.07) is -0.173. The first-order chi connectivity index (χ1) is 10.0. The van der Waals surface area contributed by atoms with Gasteiger partial charge in [-0.2, -0.15) is 0 Å². The summed E-state index contributed by atoms with van der Waals surface area (Å²) in [5.74, 6) is -1.75. The normalized spacial score (nSPS) is 31.1. The van der Waals surface area contributed by atoms with Crippen LogP contribution >= 0.6 is 11.8 Å². The lowest BCUT2D eigenvalue weighted by Gasteiger charge is -2.44. The highest BCUT2D eigenvalue weighted by atomic mass is 32.2. The number of carboxylic acids is 1. The highest BCUT2D eigenvalue weighted by Gasteiger charge is 2.56. The SMILES string of the molecule is C[C@@H](O)C1C(=O)N2C(C(=O)O)=C(SC3CCNCC3)C[C@H]12. The van der Waals surface area contributed by atoms with E-state index < -0.39 is 18.0 Å². The molecule has 0 aromatic carbocycles. The highest BCUT2D eigenvalue weighted by Crippen LogP contribution is 2.48. The van der Waals surface area contributed by atoms with E-state index in [4.69, 9.17) is 0 Å². The summed E-state index contributed by atoms with van der Waals surface area (Å²) in [5, 5.41) is 22.8. The average Bonchev–Trinajstić information content (AvgIpc) is 2.74. The fraction of sp³-hybridized carbons (Fsp3) is 0.714. The van der Waals surface area contributed by atoms with Gasteiger partial charge >= 0.3 is 5.97 Å². The predicted octanol–water partition coefficient (Wildman–Crippen LogP) is 0.379. The number of hydrogen-bond acceptors (Lipinski definition) is 5. The molecule has 0 spiro atoms. The van der Waals surface area contributed by atoms with Crippen molar-refractivity contribution in [3.63, 3.8) is 0 Å². The second-order valence-corrected chi connectivity index (χ2v) is 7.29. The fourth-order valence-electron chi connectivity index (χ4n) is 3.45. The van der Waals surface area contributed by atoms with Crippen molar-refractivity contribution in [1.29, 1.82) is 0 Å². The fourth-order valence-corrected chi connectivity index (χ4v) is 4.89.